The number of carbonyl (C=O) groups is 1. The number of hydrogen-bond donors (Lipinski definition) is 1. The summed E-state index contributed by atoms with van der Waals surface area (Å²) in [6, 6.07) is 6.06. The molecule has 0 atom stereocenters. The van der Waals surface area contributed by atoms with Crippen LogP contribution >= 0.6 is 0 Å². The number of amides is 1. The van der Waals surface area contributed by atoms with Gasteiger partial charge in [-0.3, -0.25) is 4.79 Å². The fourth-order valence-electron chi connectivity index (χ4n) is 3.12. The summed E-state index contributed by atoms with van der Waals surface area (Å²) in [5, 5.41) is 3.10. The van der Waals surface area contributed by atoms with E-state index in [1.165, 1.54) is 38.5 Å². The van der Waals surface area contributed by atoms with Gasteiger partial charge in [0, 0.05) is 12.1 Å². The Morgan fingerprint density at radius 1 is 1.15 bits per heavy atom. The van der Waals surface area contributed by atoms with Gasteiger partial charge in [0.15, 0.2) is 0 Å². The second-order valence-corrected chi connectivity index (χ2v) is 6.22. The lowest BCUT2D eigenvalue weighted by Crippen LogP contribution is -2.26. The summed E-state index contributed by atoms with van der Waals surface area (Å²) < 4.78 is 0. The maximum Gasteiger partial charge on any atom is 0.251 e. The molecule has 0 saturated heterocycles. The molecule has 0 radical (unpaired) electrons. The summed E-state index contributed by atoms with van der Waals surface area (Å²) in [4.78, 5) is 12.2. The van der Waals surface area contributed by atoms with E-state index in [0.29, 0.717) is 0 Å². The highest BCUT2D eigenvalue weighted by Crippen LogP contribution is 2.24. The van der Waals surface area contributed by atoms with Gasteiger partial charge in [-0.15, -0.1) is 0 Å². The SMILES string of the molecule is Cc1ccc(C)c(C(=O)NCCC2CCCCCC2)c1. The number of carbonyl (C=O) groups excluding carboxylic acids is 1. The van der Waals surface area contributed by atoms with Crippen molar-refractivity contribution in [1.82, 2.24) is 5.32 Å². The van der Waals surface area contributed by atoms with Gasteiger partial charge in [-0.25, -0.2) is 0 Å². The maximum absolute atomic E-state index is 12.2. The maximum atomic E-state index is 12.2. The van der Waals surface area contributed by atoms with Gasteiger partial charge in [0.05, 0.1) is 0 Å². The molecule has 1 saturated carbocycles. The molecule has 0 bridgehead atoms. The molecular weight excluding hydrogens is 246 g/mol. The van der Waals surface area contributed by atoms with E-state index in [2.05, 4.69) is 11.4 Å². The Morgan fingerprint density at radius 3 is 2.55 bits per heavy atom. The third kappa shape index (κ3) is 4.36. The number of rotatable bonds is 4. The van der Waals surface area contributed by atoms with E-state index in [9.17, 15) is 4.79 Å². The molecule has 1 aliphatic carbocycles. The second-order valence-electron chi connectivity index (χ2n) is 6.22. The molecule has 1 amide bonds. The number of hydrogen-bond acceptors (Lipinski definition) is 1. The average Bonchev–Trinajstić information content (AvgIpc) is 2.70. The minimum Gasteiger partial charge on any atom is -0.352 e. The number of aryl methyl sites for hydroxylation is 2. The molecular formula is C18H27NO. The van der Waals surface area contributed by atoms with Crippen LogP contribution in [0.5, 0.6) is 0 Å². The van der Waals surface area contributed by atoms with Gasteiger partial charge in [-0.1, -0.05) is 56.2 Å². The van der Waals surface area contributed by atoms with E-state index >= 15 is 0 Å². The van der Waals surface area contributed by atoms with Crippen LogP contribution in [0, 0.1) is 19.8 Å². The van der Waals surface area contributed by atoms with Gasteiger partial charge < -0.3 is 5.32 Å². The van der Waals surface area contributed by atoms with Gasteiger partial charge >= 0.3 is 0 Å². The van der Waals surface area contributed by atoms with Gasteiger partial charge in [0.25, 0.3) is 5.91 Å². The van der Waals surface area contributed by atoms with Crippen LogP contribution in [0.25, 0.3) is 0 Å². The third-order valence-electron chi connectivity index (χ3n) is 4.45. The molecule has 110 valence electrons. The van der Waals surface area contributed by atoms with Crippen molar-refractivity contribution in [3.8, 4) is 0 Å². The molecule has 2 heteroatoms. The zero-order valence-electron chi connectivity index (χ0n) is 12.9. The van der Waals surface area contributed by atoms with Crippen molar-refractivity contribution in [2.45, 2.75) is 58.8 Å². The van der Waals surface area contributed by atoms with E-state index in [0.717, 1.165) is 35.6 Å². The summed E-state index contributed by atoms with van der Waals surface area (Å²) in [5.41, 5.74) is 3.03. The van der Waals surface area contributed by atoms with Crippen molar-refractivity contribution in [1.29, 1.82) is 0 Å². The Balaban J connectivity index is 1.81. The van der Waals surface area contributed by atoms with E-state index in [1.807, 2.05) is 26.0 Å². The molecule has 0 spiro atoms. The van der Waals surface area contributed by atoms with Crippen LogP contribution in [0.15, 0.2) is 18.2 Å². The molecule has 1 fully saturated rings. The second kappa shape index (κ2) is 7.47. The van der Waals surface area contributed by atoms with E-state index < -0.39 is 0 Å². The molecule has 1 N–H and O–H groups in total. The van der Waals surface area contributed by atoms with Gasteiger partial charge in [-0.2, -0.15) is 0 Å². The predicted molar refractivity (Wildman–Crippen MR) is 84.1 cm³/mol. The molecule has 0 heterocycles. The van der Waals surface area contributed by atoms with Crippen molar-refractivity contribution in [3.63, 3.8) is 0 Å². The summed E-state index contributed by atoms with van der Waals surface area (Å²) in [7, 11) is 0. The molecule has 1 aromatic carbocycles. The van der Waals surface area contributed by atoms with Crippen LogP contribution < -0.4 is 5.32 Å². The standard InChI is InChI=1S/C18H27NO/c1-14-9-10-15(2)17(13-14)18(20)19-12-11-16-7-5-3-4-6-8-16/h9-10,13,16H,3-8,11-12H2,1-2H3,(H,19,20). The smallest absolute Gasteiger partial charge is 0.251 e. The van der Waals surface area contributed by atoms with Crippen LogP contribution in [-0.4, -0.2) is 12.5 Å². The minimum atomic E-state index is 0.0832. The topological polar surface area (TPSA) is 29.1 Å². The van der Waals surface area contributed by atoms with Crippen LogP contribution in [0.1, 0.15) is 66.4 Å². The normalized spacial score (nSPS) is 16.7. The van der Waals surface area contributed by atoms with E-state index in [-0.39, 0.29) is 5.91 Å². The summed E-state index contributed by atoms with van der Waals surface area (Å²) >= 11 is 0. The zero-order valence-corrected chi connectivity index (χ0v) is 12.9. The van der Waals surface area contributed by atoms with Gasteiger partial charge in [-0.05, 0) is 37.8 Å². The Bertz CT molecular complexity index is 445. The van der Waals surface area contributed by atoms with E-state index in [4.69, 9.17) is 0 Å². The third-order valence-corrected chi connectivity index (χ3v) is 4.45. The molecule has 0 unspecified atom stereocenters. The van der Waals surface area contributed by atoms with Crippen molar-refractivity contribution in [3.05, 3.63) is 34.9 Å². The van der Waals surface area contributed by atoms with Gasteiger partial charge in [0.1, 0.15) is 0 Å². The van der Waals surface area contributed by atoms with Crippen LogP contribution in [-0.2, 0) is 0 Å². The lowest BCUT2D eigenvalue weighted by molar-refractivity contribution is 0.0950. The Labute approximate surface area is 123 Å². The fourth-order valence-corrected chi connectivity index (χ4v) is 3.12. The van der Waals surface area contributed by atoms with Crippen molar-refractivity contribution >= 4 is 5.91 Å². The largest absolute Gasteiger partial charge is 0.352 e. The van der Waals surface area contributed by atoms with Crippen molar-refractivity contribution in [2.24, 2.45) is 5.92 Å². The fraction of sp³-hybridized carbons (Fsp3) is 0.611. The van der Waals surface area contributed by atoms with Crippen LogP contribution in [0.2, 0.25) is 0 Å². The Kier molecular flexibility index (Phi) is 5.63. The molecule has 2 rings (SSSR count). The monoisotopic (exact) mass is 273 g/mol. The molecule has 1 aliphatic rings. The predicted octanol–water partition coefficient (Wildman–Crippen LogP) is 4.39. The average molecular weight is 273 g/mol. The van der Waals surface area contributed by atoms with E-state index in [1.54, 1.807) is 0 Å². The molecule has 0 aliphatic heterocycles. The van der Waals surface area contributed by atoms with Crippen LogP contribution in [0.3, 0.4) is 0 Å². The Hall–Kier alpha value is -1.31. The summed E-state index contributed by atoms with van der Waals surface area (Å²) in [6.45, 7) is 4.85. The highest BCUT2D eigenvalue weighted by Gasteiger charge is 2.13. The zero-order chi connectivity index (χ0) is 14.4. The van der Waals surface area contributed by atoms with Crippen molar-refractivity contribution in [2.75, 3.05) is 6.54 Å². The summed E-state index contributed by atoms with van der Waals surface area (Å²) in [6.07, 6.45) is 9.36. The summed E-state index contributed by atoms with van der Waals surface area (Å²) in [5.74, 6) is 0.899. The molecule has 2 nitrogen and oxygen atoms in total. The van der Waals surface area contributed by atoms with Crippen LogP contribution in [0.4, 0.5) is 0 Å². The number of nitrogens with one attached hydrogen (secondary N) is 1. The molecule has 20 heavy (non-hydrogen) atoms. The van der Waals surface area contributed by atoms with Gasteiger partial charge in [0.2, 0.25) is 0 Å². The lowest BCUT2D eigenvalue weighted by Gasteiger charge is -2.14. The lowest BCUT2D eigenvalue weighted by atomic mass is 9.96. The molecule has 0 aromatic heterocycles. The number of benzene rings is 1. The first-order valence-corrected chi connectivity index (χ1v) is 8.02. The van der Waals surface area contributed by atoms with Crippen molar-refractivity contribution < 1.29 is 4.79 Å². The minimum absolute atomic E-state index is 0.0832. The first-order chi connectivity index (χ1) is 9.66. The molecule has 1 aromatic rings. The highest BCUT2D eigenvalue weighted by atomic mass is 16.1. The highest BCUT2D eigenvalue weighted by molar-refractivity contribution is 5.95. The Morgan fingerprint density at radius 2 is 1.85 bits per heavy atom. The first-order valence-electron chi connectivity index (χ1n) is 8.02. The first kappa shape index (κ1) is 15.1. The quantitative estimate of drug-likeness (QED) is 0.810.